The van der Waals surface area contributed by atoms with Gasteiger partial charge in [-0.1, -0.05) is 96.8 Å². The van der Waals surface area contributed by atoms with Gasteiger partial charge in [0.25, 0.3) is 0 Å². The second kappa shape index (κ2) is 21.8. The van der Waals surface area contributed by atoms with Gasteiger partial charge in [0.15, 0.2) is 13.1 Å². The SMILES string of the molecule is CCCCCCCCCCCCCCCCCC(=O)NCC[N+](CCO)(CC(=O)O)CC(=O)O. The number of carbonyl (C=O) groups excluding carboxylic acids is 1. The summed E-state index contributed by atoms with van der Waals surface area (Å²) in [7, 11) is 0. The Balaban J connectivity index is 3.76. The molecule has 1 amide bonds. The average Bonchev–Trinajstić information content (AvgIpc) is 2.75. The Morgan fingerprint density at radius 1 is 0.647 bits per heavy atom. The number of carboxylic acid groups (broad SMARTS) is 2. The number of aliphatic carboxylic acids is 2. The zero-order valence-electron chi connectivity index (χ0n) is 21.6. The first-order chi connectivity index (χ1) is 16.3. The largest absolute Gasteiger partial charge is 0.477 e. The van der Waals surface area contributed by atoms with Gasteiger partial charge in [-0.25, -0.2) is 9.59 Å². The van der Waals surface area contributed by atoms with Crippen molar-refractivity contribution in [1.82, 2.24) is 5.32 Å². The molecule has 0 unspecified atom stereocenters. The van der Waals surface area contributed by atoms with E-state index >= 15 is 0 Å². The molecule has 0 bridgehead atoms. The molecule has 0 spiro atoms. The third-order valence-corrected chi connectivity index (χ3v) is 6.43. The van der Waals surface area contributed by atoms with Crippen LogP contribution in [0.15, 0.2) is 0 Å². The van der Waals surface area contributed by atoms with Crippen molar-refractivity contribution in [3.63, 3.8) is 0 Å². The van der Waals surface area contributed by atoms with Crippen molar-refractivity contribution in [2.24, 2.45) is 0 Å². The molecule has 8 heteroatoms. The lowest BCUT2D eigenvalue weighted by molar-refractivity contribution is -0.913. The van der Waals surface area contributed by atoms with Gasteiger partial charge < -0.3 is 25.1 Å². The van der Waals surface area contributed by atoms with E-state index in [0.717, 1.165) is 19.3 Å². The molecule has 0 aliphatic heterocycles. The topological polar surface area (TPSA) is 124 Å². The molecule has 200 valence electrons. The normalized spacial score (nSPS) is 11.5. The highest BCUT2D eigenvalue weighted by Gasteiger charge is 2.32. The van der Waals surface area contributed by atoms with E-state index in [1.54, 1.807) is 0 Å². The van der Waals surface area contributed by atoms with E-state index < -0.39 is 25.0 Å². The fourth-order valence-corrected chi connectivity index (χ4v) is 4.45. The minimum Gasteiger partial charge on any atom is -0.477 e. The Kier molecular flexibility index (Phi) is 20.8. The van der Waals surface area contributed by atoms with Gasteiger partial charge in [-0.05, 0) is 6.42 Å². The Morgan fingerprint density at radius 2 is 1.06 bits per heavy atom. The summed E-state index contributed by atoms with van der Waals surface area (Å²) in [6.45, 7) is 1.51. The van der Waals surface area contributed by atoms with E-state index in [9.17, 15) is 19.5 Å². The molecule has 0 aromatic rings. The molecular formula is C26H51N2O6+. The molecule has 0 radical (unpaired) electrons. The summed E-state index contributed by atoms with van der Waals surface area (Å²) < 4.78 is -0.291. The molecule has 0 heterocycles. The van der Waals surface area contributed by atoms with Gasteiger partial charge in [0.2, 0.25) is 5.91 Å². The molecule has 4 N–H and O–H groups in total. The number of nitrogens with one attached hydrogen (secondary N) is 1. The predicted molar refractivity (Wildman–Crippen MR) is 135 cm³/mol. The van der Waals surface area contributed by atoms with Gasteiger partial charge in [0.1, 0.15) is 6.54 Å². The van der Waals surface area contributed by atoms with Crippen LogP contribution in [0.2, 0.25) is 0 Å². The highest BCUT2D eigenvalue weighted by atomic mass is 16.4. The smallest absolute Gasteiger partial charge is 0.359 e. The van der Waals surface area contributed by atoms with Crippen LogP contribution in [-0.2, 0) is 14.4 Å². The van der Waals surface area contributed by atoms with Gasteiger partial charge >= 0.3 is 11.9 Å². The van der Waals surface area contributed by atoms with Crippen LogP contribution in [0.25, 0.3) is 0 Å². The molecule has 0 rings (SSSR count). The third kappa shape index (κ3) is 19.8. The van der Waals surface area contributed by atoms with E-state index in [1.807, 2.05) is 0 Å². The molecule has 0 saturated heterocycles. The standard InChI is InChI=1S/C26H50N2O6/c1-2-3-4-5-6-7-8-9-10-11-12-13-14-15-16-17-24(30)27-18-19-28(20-21-29,22-25(31)32)23-26(33)34/h29H,2-23H2,1H3,(H2-,27,30,31,32,33,34)/p+1. The summed E-state index contributed by atoms with van der Waals surface area (Å²) >= 11 is 0. The van der Waals surface area contributed by atoms with Gasteiger partial charge in [-0.15, -0.1) is 0 Å². The molecule has 34 heavy (non-hydrogen) atoms. The maximum atomic E-state index is 12.1. The van der Waals surface area contributed by atoms with Gasteiger partial charge in [0, 0.05) is 6.42 Å². The number of carboxylic acids is 2. The van der Waals surface area contributed by atoms with E-state index in [1.165, 1.54) is 77.0 Å². The van der Waals surface area contributed by atoms with Crippen molar-refractivity contribution in [3.05, 3.63) is 0 Å². The zero-order chi connectivity index (χ0) is 25.5. The van der Waals surface area contributed by atoms with E-state index in [4.69, 9.17) is 10.2 Å². The quantitative estimate of drug-likeness (QED) is 0.112. The summed E-state index contributed by atoms with van der Waals surface area (Å²) in [5, 5.41) is 30.3. The fraction of sp³-hybridized carbons (Fsp3) is 0.885. The third-order valence-electron chi connectivity index (χ3n) is 6.43. The predicted octanol–water partition coefficient (Wildman–Crippen LogP) is 4.34. The summed E-state index contributed by atoms with van der Waals surface area (Å²) in [6.07, 6.45) is 19.5. The summed E-state index contributed by atoms with van der Waals surface area (Å²) in [4.78, 5) is 34.4. The van der Waals surface area contributed by atoms with Crippen LogP contribution in [0, 0.1) is 0 Å². The molecule has 0 aromatic carbocycles. The van der Waals surface area contributed by atoms with Crippen molar-refractivity contribution < 1.29 is 34.2 Å². The zero-order valence-corrected chi connectivity index (χ0v) is 21.6. The number of carbonyl (C=O) groups is 3. The highest BCUT2D eigenvalue weighted by molar-refractivity contribution is 5.75. The second-order valence-electron chi connectivity index (χ2n) is 9.67. The molecule has 0 saturated carbocycles. The Bertz CT molecular complexity index is 525. The van der Waals surface area contributed by atoms with Gasteiger partial charge in [0.05, 0.1) is 19.7 Å². The number of rotatable bonds is 25. The minimum atomic E-state index is -1.13. The van der Waals surface area contributed by atoms with Crippen LogP contribution in [0.1, 0.15) is 110 Å². The fourth-order valence-electron chi connectivity index (χ4n) is 4.45. The van der Waals surface area contributed by atoms with Gasteiger partial charge in [-0.2, -0.15) is 0 Å². The van der Waals surface area contributed by atoms with Crippen molar-refractivity contribution in [1.29, 1.82) is 0 Å². The number of hydrogen-bond donors (Lipinski definition) is 4. The number of nitrogens with zero attached hydrogens (tertiary/aromatic N) is 1. The first-order valence-corrected chi connectivity index (χ1v) is 13.5. The first-order valence-electron chi connectivity index (χ1n) is 13.5. The number of unbranched alkanes of at least 4 members (excludes halogenated alkanes) is 14. The van der Waals surface area contributed by atoms with Crippen LogP contribution in [0.4, 0.5) is 0 Å². The lowest BCUT2D eigenvalue weighted by atomic mass is 10.0. The van der Waals surface area contributed by atoms with Crippen molar-refractivity contribution >= 4 is 17.8 Å². The molecule has 0 atom stereocenters. The van der Waals surface area contributed by atoms with Crippen LogP contribution in [0.3, 0.4) is 0 Å². The Hall–Kier alpha value is -1.67. The molecular weight excluding hydrogens is 436 g/mol. The lowest BCUT2D eigenvalue weighted by Crippen LogP contribution is -2.58. The Labute approximate surface area is 206 Å². The molecule has 0 fully saturated rings. The van der Waals surface area contributed by atoms with Crippen molar-refractivity contribution in [2.45, 2.75) is 110 Å². The van der Waals surface area contributed by atoms with Crippen molar-refractivity contribution in [3.8, 4) is 0 Å². The number of aliphatic hydroxyl groups excluding tert-OH is 1. The lowest BCUT2D eigenvalue weighted by Gasteiger charge is -2.35. The summed E-state index contributed by atoms with van der Waals surface area (Å²) in [6, 6.07) is 0. The van der Waals surface area contributed by atoms with Crippen LogP contribution in [0.5, 0.6) is 0 Å². The highest BCUT2D eigenvalue weighted by Crippen LogP contribution is 2.13. The molecule has 8 nitrogen and oxygen atoms in total. The number of quaternary nitrogens is 1. The Morgan fingerprint density at radius 3 is 1.44 bits per heavy atom. The summed E-state index contributed by atoms with van der Waals surface area (Å²) in [5.41, 5.74) is 0. The monoisotopic (exact) mass is 487 g/mol. The number of amides is 1. The van der Waals surface area contributed by atoms with Crippen LogP contribution < -0.4 is 5.32 Å². The molecule has 0 aliphatic carbocycles. The van der Waals surface area contributed by atoms with E-state index in [-0.39, 0.29) is 36.6 Å². The maximum Gasteiger partial charge on any atom is 0.359 e. The van der Waals surface area contributed by atoms with E-state index in [2.05, 4.69) is 12.2 Å². The minimum absolute atomic E-state index is 0.0213. The van der Waals surface area contributed by atoms with E-state index in [0.29, 0.717) is 6.42 Å². The average molecular weight is 488 g/mol. The molecule has 0 aliphatic rings. The second-order valence-corrected chi connectivity index (χ2v) is 9.67. The van der Waals surface area contributed by atoms with Crippen LogP contribution >= 0.6 is 0 Å². The van der Waals surface area contributed by atoms with Crippen molar-refractivity contribution in [2.75, 3.05) is 39.3 Å². The number of hydrogen-bond acceptors (Lipinski definition) is 4. The summed E-state index contributed by atoms with van der Waals surface area (Å²) in [5.74, 6) is -2.35. The maximum absolute atomic E-state index is 12.1. The van der Waals surface area contributed by atoms with Gasteiger partial charge in [-0.3, -0.25) is 4.79 Å². The first kappa shape index (κ1) is 32.3. The van der Waals surface area contributed by atoms with Crippen LogP contribution in [-0.4, -0.2) is 77.0 Å². The molecule has 0 aromatic heterocycles. The number of aliphatic hydroxyl groups is 1.